The number of aryl methyl sites for hydroxylation is 1. The van der Waals surface area contributed by atoms with E-state index in [4.69, 9.17) is 9.47 Å². The summed E-state index contributed by atoms with van der Waals surface area (Å²) in [6, 6.07) is 36.6. The smallest absolute Gasteiger partial charge is 0.335 e. The molecule has 5 aromatic rings. The largest absolute Gasteiger partial charge is 0.478 e. The first-order valence-corrected chi connectivity index (χ1v) is 20.0. The summed E-state index contributed by atoms with van der Waals surface area (Å²) in [6.45, 7) is 1.99. The van der Waals surface area contributed by atoms with Crippen LogP contribution in [-0.2, 0) is 43.9 Å². The number of rotatable bonds is 15. The number of ether oxygens (including phenoxy) is 2. The van der Waals surface area contributed by atoms with E-state index in [1.54, 1.807) is 48.2 Å². The molecule has 0 saturated carbocycles. The maximum absolute atomic E-state index is 13.5. The molecule has 4 N–H and O–H groups in total. The minimum atomic E-state index is -3.97. The van der Waals surface area contributed by atoms with E-state index in [1.807, 2.05) is 85.8 Å². The molecular weight excluding hydrogens is 725 g/mol. The normalized spacial score (nSPS) is 17.8. The number of carbonyl (C=O) groups excluding carboxylic acids is 1. The van der Waals surface area contributed by atoms with Gasteiger partial charge in [-0.05, 0) is 72.0 Å². The summed E-state index contributed by atoms with van der Waals surface area (Å²) in [5.74, 6) is -0.816. The van der Waals surface area contributed by atoms with Gasteiger partial charge in [-0.25, -0.2) is 13.2 Å². The van der Waals surface area contributed by atoms with Crippen LogP contribution in [0.5, 0.6) is 0 Å². The van der Waals surface area contributed by atoms with Crippen molar-refractivity contribution in [1.29, 1.82) is 0 Å². The van der Waals surface area contributed by atoms with E-state index in [0.29, 0.717) is 12.2 Å². The van der Waals surface area contributed by atoms with Gasteiger partial charge in [-0.2, -0.15) is 4.72 Å². The molecule has 1 aliphatic rings. The minimum absolute atomic E-state index is 0.0546. The van der Waals surface area contributed by atoms with E-state index < -0.39 is 34.2 Å². The number of hydrogen-bond acceptors (Lipinski definition) is 8. The number of carbonyl (C=O) groups is 2. The van der Waals surface area contributed by atoms with Crippen LogP contribution in [0.15, 0.2) is 137 Å². The zero-order valence-electron chi connectivity index (χ0n) is 29.6. The number of aliphatic hydroxyl groups excluding tert-OH is 1. The predicted octanol–water partition coefficient (Wildman–Crippen LogP) is 6.73. The number of aliphatic hydroxyl groups is 1. The molecule has 0 aromatic heterocycles. The van der Waals surface area contributed by atoms with Crippen molar-refractivity contribution in [3.05, 3.63) is 166 Å². The number of sulfonamides is 1. The van der Waals surface area contributed by atoms with Crippen molar-refractivity contribution >= 4 is 33.7 Å². The molecule has 280 valence electrons. The molecule has 0 spiro atoms. The molecule has 1 heterocycles. The Balaban J connectivity index is 1.13. The molecule has 1 amide bonds. The van der Waals surface area contributed by atoms with Gasteiger partial charge in [0.1, 0.15) is 6.04 Å². The fourth-order valence-corrected chi connectivity index (χ4v) is 8.14. The molecule has 4 atom stereocenters. The molecule has 0 aliphatic carbocycles. The summed E-state index contributed by atoms with van der Waals surface area (Å²) >= 11 is 1.58. The van der Waals surface area contributed by atoms with E-state index in [0.717, 1.165) is 38.3 Å². The molecule has 1 fully saturated rings. The van der Waals surface area contributed by atoms with Crippen LogP contribution in [0.25, 0.3) is 0 Å². The monoisotopic (exact) mass is 766 g/mol. The van der Waals surface area contributed by atoms with Gasteiger partial charge in [0.25, 0.3) is 0 Å². The number of carboxylic acids is 1. The van der Waals surface area contributed by atoms with Gasteiger partial charge < -0.3 is 25.0 Å². The van der Waals surface area contributed by atoms with E-state index >= 15 is 0 Å². The fourth-order valence-electron chi connectivity index (χ4n) is 6.02. The number of thioether (sulfide) groups is 1. The van der Waals surface area contributed by atoms with Crippen LogP contribution in [0, 0.1) is 6.92 Å². The van der Waals surface area contributed by atoms with Gasteiger partial charge >= 0.3 is 5.97 Å². The van der Waals surface area contributed by atoms with Crippen LogP contribution in [0.2, 0.25) is 0 Å². The standard InChI is InChI=1S/C42H42N2O8S2/c1-28-7-21-37(22-8-28)54(49,50)44-38(23-29-5-3-2-4-6-29)40(46)43-25-30-9-15-34(16-10-30)42-51-35(27-53-36-19-17-33(18-20-36)41(47)48)24-39(52-42)32-13-11-31(26-45)12-14-32/h2-22,35,38-39,42,44-45H,23-27H2,1H3,(H,43,46)(H,47,48)/t35-,38-,39+,42+/m1/s1. The summed E-state index contributed by atoms with van der Waals surface area (Å²) in [6.07, 6.45) is -0.391. The highest BCUT2D eigenvalue weighted by molar-refractivity contribution is 7.99. The van der Waals surface area contributed by atoms with Gasteiger partial charge in [0.05, 0.1) is 29.3 Å². The number of aromatic carboxylic acids is 1. The van der Waals surface area contributed by atoms with E-state index in [9.17, 15) is 28.2 Å². The number of nitrogens with one attached hydrogen (secondary N) is 2. The zero-order chi connectivity index (χ0) is 38.1. The second-order valence-electron chi connectivity index (χ2n) is 13.1. The van der Waals surface area contributed by atoms with E-state index in [-0.39, 0.29) is 42.2 Å². The second-order valence-corrected chi connectivity index (χ2v) is 15.9. The van der Waals surface area contributed by atoms with Gasteiger partial charge in [-0.15, -0.1) is 11.8 Å². The van der Waals surface area contributed by atoms with Gasteiger partial charge in [0.15, 0.2) is 6.29 Å². The fraction of sp³-hybridized carbons (Fsp3) is 0.238. The third-order valence-corrected chi connectivity index (χ3v) is 11.7. The molecule has 1 aliphatic heterocycles. The number of amides is 1. The van der Waals surface area contributed by atoms with Crippen molar-refractivity contribution in [3.8, 4) is 0 Å². The van der Waals surface area contributed by atoms with E-state index in [2.05, 4.69) is 10.0 Å². The Kier molecular flexibility index (Phi) is 13.0. The zero-order valence-corrected chi connectivity index (χ0v) is 31.3. The lowest BCUT2D eigenvalue weighted by atomic mass is 10.0. The molecule has 0 radical (unpaired) electrons. The SMILES string of the molecule is Cc1ccc(S(=O)(=O)N[C@H](Cc2ccccc2)C(=O)NCc2ccc([C@H]3O[C@@H](CSc4ccc(C(=O)O)cc4)C[C@@H](c4ccc(CO)cc4)O3)cc2)cc1. The third-order valence-electron chi connectivity index (χ3n) is 9.10. The van der Waals surface area contributed by atoms with Crippen molar-refractivity contribution < 1.29 is 37.7 Å². The first kappa shape index (κ1) is 38.9. The highest BCUT2D eigenvalue weighted by Gasteiger charge is 2.32. The Morgan fingerprint density at radius 2 is 1.44 bits per heavy atom. The summed E-state index contributed by atoms with van der Waals surface area (Å²) in [4.78, 5) is 25.8. The maximum Gasteiger partial charge on any atom is 0.335 e. The van der Waals surface area contributed by atoms with Crippen molar-refractivity contribution in [2.75, 3.05) is 5.75 Å². The molecule has 12 heteroatoms. The molecule has 5 aromatic carbocycles. The Labute approximate surface area is 319 Å². The maximum atomic E-state index is 13.5. The van der Waals surface area contributed by atoms with Crippen LogP contribution in [0.3, 0.4) is 0 Å². The molecule has 10 nitrogen and oxygen atoms in total. The Morgan fingerprint density at radius 3 is 2.09 bits per heavy atom. The van der Waals surface area contributed by atoms with Crippen molar-refractivity contribution in [3.63, 3.8) is 0 Å². The van der Waals surface area contributed by atoms with Gasteiger partial charge in [0, 0.05) is 29.2 Å². The average molecular weight is 767 g/mol. The van der Waals surface area contributed by atoms with Crippen molar-refractivity contribution in [2.45, 2.75) is 67.2 Å². The number of hydrogen-bond donors (Lipinski definition) is 4. The van der Waals surface area contributed by atoms with E-state index in [1.165, 1.54) is 12.1 Å². The van der Waals surface area contributed by atoms with Gasteiger partial charge in [-0.3, -0.25) is 4.79 Å². The highest BCUT2D eigenvalue weighted by atomic mass is 32.2. The lowest BCUT2D eigenvalue weighted by Gasteiger charge is -2.36. The quantitative estimate of drug-likeness (QED) is 0.0851. The van der Waals surface area contributed by atoms with Crippen LogP contribution in [0.4, 0.5) is 0 Å². The van der Waals surface area contributed by atoms with Crippen LogP contribution < -0.4 is 10.0 Å². The number of benzene rings is 5. The summed E-state index contributed by atoms with van der Waals surface area (Å²) < 4.78 is 42.1. The topological polar surface area (TPSA) is 151 Å². The van der Waals surface area contributed by atoms with Crippen LogP contribution in [0.1, 0.15) is 62.6 Å². The molecular formula is C42H42N2O8S2. The summed E-state index contributed by atoms with van der Waals surface area (Å²) in [5.41, 5.74) is 5.32. The van der Waals surface area contributed by atoms with Crippen LogP contribution in [-0.4, -0.2) is 48.4 Å². The first-order valence-electron chi connectivity index (χ1n) is 17.5. The minimum Gasteiger partial charge on any atom is -0.478 e. The summed E-state index contributed by atoms with van der Waals surface area (Å²) in [7, 11) is -3.97. The predicted molar refractivity (Wildman–Crippen MR) is 206 cm³/mol. The Morgan fingerprint density at radius 1 is 0.796 bits per heavy atom. The third kappa shape index (κ3) is 10.4. The molecule has 0 bridgehead atoms. The lowest BCUT2D eigenvalue weighted by molar-refractivity contribution is -0.245. The Hall–Kier alpha value is -4.82. The average Bonchev–Trinajstić information content (AvgIpc) is 3.19. The molecule has 0 unspecified atom stereocenters. The molecule has 6 rings (SSSR count). The highest BCUT2D eigenvalue weighted by Crippen LogP contribution is 2.39. The molecule has 1 saturated heterocycles. The van der Waals surface area contributed by atoms with Gasteiger partial charge in [-0.1, -0.05) is 96.6 Å². The lowest BCUT2D eigenvalue weighted by Crippen LogP contribution is -2.47. The Bertz CT molecular complexity index is 2110. The van der Waals surface area contributed by atoms with Crippen molar-refractivity contribution in [2.24, 2.45) is 0 Å². The summed E-state index contributed by atoms with van der Waals surface area (Å²) in [5, 5.41) is 21.7. The van der Waals surface area contributed by atoms with Gasteiger partial charge in [0.2, 0.25) is 15.9 Å². The number of carboxylic acid groups (broad SMARTS) is 1. The van der Waals surface area contributed by atoms with Crippen LogP contribution >= 0.6 is 11.8 Å². The van der Waals surface area contributed by atoms with Crippen molar-refractivity contribution in [1.82, 2.24) is 10.0 Å². The second kappa shape index (κ2) is 18.0. The first-order chi connectivity index (χ1) is 26.1. The molecule has 54 heavy (non-hydrogen) atoms.